The van der Waals surface area contributed by atoms with Gasteiger partial charge in [0.15, 0.2) is 5.54 Å². The van der Waals surface area contributed by atoms with E-state index >= 15 is 0 Å². The number of nitrogens with zero attached hydrogens (tertiary/aromatic N) is 2. The smallest absolute Gasteiger partial charge is 0.325 e. The number of hydrogen-bond acceptors (Lipinski definition) is 5. The second kappa shape index (κ2) is 5.44. The lowest BCUT2D eigenvalue weighted by Crippen LogP contribution is -2.40. The van der Waals surface area contributed by atoms with Crippen molar-refractivity contribution >= 4 is 17.6 Å². The summed E-state index contributed by atoms with van der Waals surface area (Å²) in [7, 11) is 0. The molecule has 1 fully saturated rings. The molecule has 8 nitrogen and oxygen atoms in total. The second-order valence-corrected chi connectivity index (χ2v) is 5.42. The van der Waals surface area contributed by atoms with E-state index in [9.17, 15) is 24.1 Å². The van der Waals surface area contributed by atoms with E-state index in [2.05, 4.69) is 5.32 Å². The molecular weight excluding hydrogens is 321 g/mol. The van der Waals surface area contributed by atoms with Crippen LogP contribution in [0.15, 0.2) is 41.0 Å². The van der Waals surface area contributed by atoms with Crippen molar-refractivity contribution in [2.45, 2.75) is 19.0 Å². The van der Waals surface area contributed by atoms with E-state index in [1.807, 2.05) is 0 Å². The summed E-state index contributed by atoms with van der Waals surface area (Å²) in [6.07, 6.45) is 1.35. The Morgan fingerprint density at radius 2 is 2.08 bits per heavy atom. The fourth-order valence-electron chi connectivity index (χ4n) is 2.60. The third-order valence-corrected chi connectivity index (χ3v) is 3.90. The van der Waals surface area contributed by atoms with Gasteiger partial charge in [-0.3, -0.25) is 19.8 Å². The largest absolute Gasteiger partial charge is 0.466 e. The minimum absolute atomic E-state index is 0.214. The molecule has 1 N–H and O–H groups in total. The van der Waals surface area contributed by atoms with Crippen molar-refractivity contribution < 1.29 is 23.3 Å². The third-order valence-electron chi connectivity index (χ3n) is 3.90. The van der Waals surface area contributed by atoms with Gasteiger partial charge in [-0.15, -0.1) is 0 Å². The van der Waals surface area contributed by atoms with Crippen molar-refractivity contribution in [2.24, 2.45) is 0 Å². The van der Waals surface area contributed by atoms with Crippen LogP contribution in [-0.4, -0.2) is 21.8 Å². The number of carbonyl (C=O) groups is 2. The summed E-state index contributed by atoms with van der Waals surface area (Å²) in [6.45, 7) is 0.895. The van der Waals surface area contributed by atoms with E-state index in [1.165, 1.54) is 25.3 Å². The van der Waals surface area contributed by atoms with Crippen LogP contribution in [0.1, 0.15) is 18.2 Å². The van der Waals surface area contributed by atoms with Gasteiger partial charge in [-0.25, -0.2) is 9.18 Å². The molecule has 0 spiro atoms. The summed E-state index contributed by atoms with van der Waals surface area (Å²) in [6, 6.07) is 5.64. The van der Waals surface area contributed by atoms with Crippen LogP contribution in [0.3, 0.4) is 0 Å². The summed E-state index contributed by atoms with van der Waals surface area (Å²) >= 11 is 0. The summed E-state index contributed by atoms with van der Waals surface area (Å²) in [5, 5.41) is 13.5. The lowest BCUT2D eigenvalue weighted by Gasteiger charge is -2.19. The Kier molecular flexibility index (Phi) is 3.55. The highest BCUT2D eigenvalue weighted by atomic mass is 19.1. The molecule has 0 aliphatic carbocycles. The van der Waals surface area contributed by atoms with Crippen LogP contribution in [0.2, 0.25) is 0 Å². The predicted octanol–water partition coefficient (Wildman–Crippen LogP) is 2.29. The van der Waals surface area contributed by atoms with Crippen molar-refractivity contribution in [3.63, 3.8) is 0 Å². The number of amides is 3. The van der Waals surface area contributed by atoms with Crippen LogP contribution in [0.25, 0.3) is 0 Å². The minimum atomic E-state index is -1.44. The highest BCUT2D eigenvalue weighted by Gasteiger charge is 2.51. The molecule has 1 atom stereocenters. The SMILES string of the molecule is CC1(c2ccco2)NC(=O)N(Cc2c(F)cccc2[N+](=O)[O-])C1=O. The molecule has 124 valence electrons. The number of benzene rings is 1. The van der Waals surface area contributed by atoms with Gasteiger partial charge in [0.1, 0.15) is 11.6 Å². The normalized spacial score (nSPS) is 20.3. The van der Waals surface area contributed by atoms with Crippen molar-refractivity contribution in [3.8, 4) is 0 Å². The zero-order valence-electron chi connectivity index (χ0n) is 12.5. The topological polar surface area (TPSA) is 106 Å². The Labute approximate surface area is 135 Å². The molecule has 3 amide bonds. The summed E-state index contributed by atoms with van der Waals surface area (Å²) < 4.78 is 19.2. The van der Waals surface area contributed by atoms with Crippen LogP contribution in [0, 0.1) is 15.9 Å². The number of hydrogen-bond donors (Lipinski definition) is 1. The molecule has 2 aromatic rings. The van der Waals surface area contributed by atoms with E-state index in [0.29, 0.717) is 0 Å². The number of nitro benzene ring substituents is 1. The van der Waals surface area contributed by atoms with E-state index in [4.69, 9.17) is 4.42 Å². The molecule has 24 heavy (non-hydrogen) atoms. The maximum atomic E-state index is 14.0. The predicted molar refractivity (Wildman–Crippen MR) is 78.2 cm³/mol. The monoisotopic (exact) mass is 333 g/mol. The summed E-state index contributed by atoms with van der Waals surface area (Å²) in [5.74, 6) is -1.33. The van der Waals surface area contributed by atoms with Gasteiger partial charge in [0.2, 0.25) is 0 Å². The maximum Gasteiger partial charge on any atom is 0.325 e. The molecule has 1 aromatic heterocycles. The fraction of sp³-hybridized carbons (Fsp3) is 0.200. The number of carbonyl (C=O) groups excluding carboxylic acids is 2. The molecule has 2 heterocycles. The van der Waals surface area contributed by atoms with Crippen molar-refractivity contribution in [1.82, 2.24) is 10.2 Å². The lowest BCUT2D eigenvalue weighted by molar-refractivity contribution is -0.385. The number of furan rings is 1. The van der Waals surface area contributed by atoms with Gasteiger partial charge in [0, 0.05) is 6.07 Å². The quantitative estimate of drug-likeness (QED) is 0.525. The van der Waals surface area contributed by atoms with Crippen LogP contribution in [0.5, 0.6) is 0 Å². The van der Waals surface area contributed by atoms with Crippen LogP contribution < -0.4 is 5.32 Å². The first-order valence-electron chi connectivity index (χ1n) is 6.94. The van der Waals surface area contributed by atoms with Crippen molar-refractivity contribution in [3.05, 3.63) is 63.9 Å². The van der Waals surface area contributed by atoms with Crippen LogP contribution in [0.4, 0.5) is 14.9 Å². The van der Waals surface area contributed by atoms with Gasteiger partial charge in [0.25, 0.3) is 11.6 Å². The zero-order chi connectivity index (χ0) is 17.5. The van der Waals surface area contributed by atoms with Gasteiger partial charge in [0.05, 0.1) is 23.3 Å². The number of nitro groups is 1. The Morgan fingerprint density at radius 1 is 1.33 bits per heavy atom. The molecule has 1 unspecified atom stereocenters. The summed E-state index contributed by atoms with van der Waals surface area (Å²) in [4.78, 5) is 35.8. The Morgan fingerprint density at radius 3 is 2.71 bits per heavy atom. The Bertz CT molecular complexity index is 836. The molecule has 0 radical (unpaired) electrons. The second-order valence-electron chi connectivity index (χ2n) is 5.42. The number of rotatable bonds is 4. The molecule has 1 aliphatic heterocycles. The van der Waals surface area contributed by atoms with E-state index in [-0.39, 0.29) is 11.3 Å². The number of halogens is 1. The average Bonchev–Trinajstić information content (AvgIpc) is 3.13. The first-order valence-corrected chi connectivity index (χ1v) is 6.94. The number of urea groups is 1. The van der Waals surface area contributed by atoms with Gasteiger partial charge >= 0.3 is 6.03 Å². The minimum Gasteiger partial charge on any atom is -0.466 e. The molecule has 1 aliphatic rings. The molecule has 9 heteroatoms. The molecule has 1 saturated heterocycles. The fourth-order valence-corrected chi connectivity index (χ4v) is 2.60. The highest BCUT2D eigenvalue weighted by Crippen LogP contribution is 2.32. The van der Waals surface area contributed by atoms with Gasteiger partial charge < -0.3 is 9.73 Å². The maximum absolute atomic E-state index is 14.0. The molecule has 3 rings (SSSR count). The Hall–Kier alpha value is -3.23. The zero-order valence-corrected chi connectivity index (χ0v) is 12.5. The highest BCUT2D eigenvalue weighted by molar-refractivity contribution is 6.06. The van der Waals surface area contributed by atoms with Crippen LogP contribution >= 0.6 is 0 Å². The van der Waals surface area contributed by atoms with Gasteiger partial charge in [-0.05, 0) is 25.1 Å². The number of imide groups is 1. The van der Waals surface area contributed by atoms with Crippen molar-refractivity contribution in [2.75, 3.05) is 0 Å². The van der Waals surface area contributed by atoms with Crippen LogP contribution in [-0.2, 0) is 16.9 Å². The molecule has 0 bridgehead atoms. The molecular formula is C15H12FN3O5. The standard InChI is InChI=1S/C15H12FN3O5/c1-15(12-6-3-7-24-12)13(20)18(14(21)17-15)8-9-10(16)4-2-5-11(9)19(22)23/h2-7H,8H2,1H3,(H,17,21). The van der Waals surface area contributed by atoms with E-state index in [0.717, 1.165) is 17.0 Å². The van der Waals surface area contributed by atoms with E-state index < -0.39 is 40.4 Å². The van der Waals surface area contributed by atoms with Gasteiger partial charge in [-0.2, -0.15) is 0 Å². The Balaban J connectivity index is 1.97. The first kappa shape index (κ1) is 15.7. The van der Waals surface area contributed by atoms with Crippen molar-refractivity contribution in [1.29, 1.82) is 0 Å². The molecule has 1 aromatic carbocycles. The third kappa shape index (κ3) is 2.30. The number of nitrogens with one attached hydrogen (secondary N) is 1. The summed E-state index contributed by atoms with van der Waals surface area (Å²) in [5.41, 5.74) is -2.28. The first-order chi connectivity index (χ1) is 11.3. The average molecular weight is 333 g/mol. The van der Waals surface area contributed by atoms with Gasteiger partial charge in [-0.1, -0.05) is 6.07 Å². The van der Waals surface area contributed by atoms with E-state index in [1.54, 1.807) is 6.07 Å². The molecule has 0 saturated carbocycles. The lowest BCUT2D eigenvalue weighted by atomic mass is 9.99.